The molecule has 0 radical (unpaired) electrons. The molecule has 4 rings (SSSR count). The van der Waals surface area contributed by atoms with Gasteiger partial charge in [-0.1, -0.05) is 23.2 Å². The standard InChI is InChI=1S/C20H25Cl2N3O3/c1-27-6-5-25-19(14-3-2-4-24(10-14)9-13-11-28-12-13)23-18-8-17(22)16(21)7-15(18)20(25)26/h7-8,13-14H,2-6,9-12H2,1H3/t14-/m1/s1. The number of aromatic nitrogens is 2. The number of methoxy groups -OCH3 is 1. The van der Waals surface area contributed by atoms with Crippen molar-refractivity contribution < 1.29 is 9.47 Å². The van der Waals surface area contributed by atoms with Crippen molar-refractivity contribution in [3.63, 3.8) is 0 Å². The molecule has 2 aliphatic heterocycles. The molecule has 0 bridgehead atoms. The first-order chi connectivity index (χ1) is 13.6. The van der Waals surface area contributed by atoms with E-state index in [2.05, 4.69) is 4.90 Å². The largest absolute Gasteiger partial charge is 0.383 e. The highest BCUT2D eigenvalue weighted by molar-refractivity contribution is 6.42. The fraction of sp³-hybridized carbons (Fsp3) is 0.600. The van der Waals surface area contributed by atoms with Crippen LogP contribution in [0.1, 0.15) is 24.6 Å². The van der Waals surface area contributed by atoms with Gasteiger partial charge in [-0.25, -0.2) is 4.98 Å². The van der Waals surface area contributed by atoms with Crippen molar-refractivity contribution in [3.8, 4) is 0 Å². The summed E-state index contributed by atoms with van der Waals surface area (Å²) in [4.78, 5) is 20.6. The van der Waals surface area contributed by atoms with Crippen molar-refractivity contribution in [2.45, 2.75) is 25.3 Å². The highest BCUT2D eigenvalue weighted by Gasteiger charge is 2.29. The van der Waals surface area contributed by atoms with Gasteiger partial charge >= 0.3 is 0 Å². The summed E-state index contributed by atoms with van der Waals surface area (Å²) >= 11 is 12.3. The second kappa shape index (κ2) is 8.67. The molecule has 0 spiro atoms. The lowest BCUT2D eigenvalue weighted by atomic mass is 9.95. The third-order valence-corrected chi connectivity index (χ3v) is 6.36. The normalized spacial score (nSPS) is 21.2. The molecule has 0 saturated carbocycles. The Morgan fingerprint density at radius 1 is 1.29 bits per heavy atom. The molecule has 0 amide bonds. The van der Waals surface area contributed by atoms with E-state index in [-0.39, 0.29) is 11.5 Å². The predicted molar refractivity (Wildman–Crippen MR) is 111 cm³/mol. The maximum absolute atomic E-state index is 13.2. The SMILES string of the molecule is COCCn1c([C@@H]2CCCN(CC3COC3)C2)nc2cc(Cl)c(Cl)cc2c1=O. The number of likely N-dealkylation sites (tertiary alicyclic amines) is 1. The molecule has 28 heavy (non-hydrogen) atoms. The number of halogens is 2. The van der Waals surface area contributed by atoms with E-state index in [0.29, 0.717) is 40.0 Å². The molecule has 152 valence electrons. The molecule has 2 fully saturated rings. The summed E-state index contributed by atoms with van der Waals surface area (Å²) in [6.07, 6.45) is 2.11. The molecule has 1 aromatic heterocycles. The molecule has 8 heteroatoms. The van der Waals surface area contributed by atoms with Crippen LogP contribution in [-0.2, 0) is 16.0 Å². The van der Waals surface area contributed by atoms with Crippen molar-refractivity contribution in [1.29, 1.82) is 0 Å². The smallest absolute Gasteiger partial charge is 0.261 e. The Balaban J connectivity index is 1.70. The van der Waals surface area contributed by atoms with E-state index >= 15 is 0 Å². The quantitative estimate of drug-likeness (QED) is 0.711. The number of nitrogens with zero attached hydrogens (tertiary/aromatic N) is 3. The van der Waals surface area contributed by atoms with Crippen LogP contribution in [0.2, 0.25) is 10.0 Å². The monoisotopic (exact) mass is 425 g/mol. The van der Waals surface area contributed by atoms with Crippen LogP contribution in [-0.4, -0.2) is 61.0 Å². The number of hydrogen-bond acceptors (Lipinski definition) is 5. The fourth-order valence-corrected chi connectivity index (χ4v) is 4.45. The van der Waals surface area contributed by atoms with Gasteiger partial charge < -0.3 is 14.4 Å². The molecule has 6 nitrogen and oxygen atoms in total. The number of ether oxygens (including phenoxy) is 2. The second-order valence-electron chi connectivity index (χ2n) is 7.71. The minimum Gasteiger partial charge on any atom is -0.383 e. The van der Waals surface area contributed by atoms with Gasteiger partial charge in [-0.2, -0.15) is 0 Å². The van der Waals surface area contributed by atoms with Crippen molar-refractivity contribution >= 4 is 34.1 Å². The van der Waals surface area contributed by atoms with E-state index in [4.69, 9.17) is 37.7 Å². The van der Waals surface area contributed by atoms with Gasteiger partial charge in [0.25, 0.3) is 5.56 Å². The zero-order valence-electron chi connectivity index (χ0n) is 16.0. The average Bonchev–Trinajstić information content (AvgIpc) is 2.66. The Hall–Kier alpha value is -1.18. The highest BCUT2D eigenvalue weighted by Crippen LogP contribution is 2.30. The Morgan fingerprint density at radius 3 is 2.79 bits per heavy atom. The van der Waals surface area contributed by atoms with Crippen LogP contribution >= 0.6 is 23.2 Å². The van der Waals surface area contributed by atoms with Gasteiger partial charge in [-0.05, 0) is 31.5 Å². The van der Waals surface area contributed by atoms with E-state index in [0.717, 1.165) is 51.5 Å². The highest BCUT2D eigenvalue weighted by atomic mass is 35.5. The Kier molecular flexibility index (Phi) is 6.23. The lowest BCUT2D eigenvalue weighted by molar-refractivity contribution is -0.0492. The van der Waals surface area contributed by atoms with Gasteiger partial charge in [0.15, 0.2) is 0 Å². The summed E-state index contributed by atoms with van der Waals surface area (Å²) < 4.78 is 12.3. The lowest BCUT2D eigenvalue weighted by Crippen LogP contribution is -2.44. The van der Waals surface area contributed by atoms with Crippen molar-refractivity contribution in [1.82, 2.24) is 14.5 Å². The minimum atomic E-state index is -0.0832. The predicted octanol–water partition coefficient (Wildman–Crippen LogP) is 3.18. The number of rotatable bonds is 6. The van der Waals surface area contributed by atoms with E-state index in [1.54, 1.807) is 23.8 Å². The van der Waals surface area contributed by atoms with Gasteiger partial charge in [-0.3, -0.25) is 9.36 Å². The van der Waals surface area contributed by atoms with E-state index in [1.807, 2.05) is 0 Å². The molecule has 0 aliphatic carbocycles. The van der Waals surface area contributed by atoms with Gasteiger partial charge in [0.05, 0.1) is 47.3 Å². The third kappa shape index (κ3) is 4.07. The zero-order chi connectivity index (χ0) is 19.7. The number of hydrogen-bond donors (Lipinski definition) is 0. The second-order valence-corrected chi connectivity index (χ2v) is 8.52. The zero-order valence-corrected chi connectivity index (χ0v) is 17.5. The fourth-order valence-electron chi connectivity index (χ4n) is 4.13. The van der Waals surface area contributed by atoms with Gasteiger partial charge in [0.1, 0.15) is 5.82 Å². The van der Waals surface area contributed by atoms with Gasteiger partial charge in [0.2, 0.25) is 0 Å². The summed E-state index contributed by atoms with van der Waals surface area (Å²) in [6.45, 7) is 5.68. The maximum Gasteiger partial charge on any atom is 0.261 e. The molecule has 2 aliphatic rings. The first-order valence-electron chi connectivity index (χ1n) is 9.75. The van der Waals surface area contributed by atoms with Gasteiger partial charge in [-0.15, -0.1) is 0 Å². The first kappa shape index (κ1) is 20.1. The van der Waals surface area contributed by atoms with Crippen molar-refractivity contribution in [2.24, 2.45) is 5.92 Å². The topological polar surface area (TPSA) is 56.6 Å². The third-order valence-electron chi connectivity index (χ3n) is 5.64. The number of fused-ring (bicyclic) bond motifs is 1. The summed E-state index contributed by atoms with van der Waals surface area (Å²) in [5, 5.41) is 1.27. The molecule has 3 heterocycles. The summed E-state index contributed by atoms with van der Waals surface area (Å²) in [6, 6.07) is 3.31. The number of benzene rings is 1. The van der Waals surface area contributed by atoms with E-state index in [1.165, 1.54) is 0 Å². The van der Waals surface area contributed by atoms with E-state index in [9.17, 15) is 4.79 Å². The van der Waals surface area contributed by atoms with Crippen LogP contribution in [0.15, 0.2) is 16.9 Å². The number of piperidine rings is 1. The molecule has 1 aromatic carbocycles. The molecular weight excluding hydrogens is 401 g/mol. The summed E-state index contributed by atoms with van der Waals surface area (Å²) in [5.74, 6) is 1.65. The Bertz CT molecular complexity index is 914. The molecule has 0 N–H and O–H groups in total. The molecule has 2 aromatic rings. The lowest BCUT2D eigenvalue weighted by Gasteiger charge is -2.37. The Morgan fingerprint density at radius 2 is 2.07 bits per heavy atom. The molecule has 1 atom stereocenters. The minimum absolute atomic E-state index is 0.0832. The van der Waals surface area contributed by atoms with Crippen LogP contribution in [0.25, 0.3) is 10.9 Å². The maximum atomic E-state index is 13.2. The molecule has 0 unspecified atom stereocenters. The molecular formula is C20H25Cl2N3O3. The van der Waals surface area contributed by atoms with Crippen LogP contribution in [0.3, 0.4) is 0 Å². The summed E-state index contributed by atoms with van der Waals surface area (Å²) in [7, 11) is 1.64. The van der Waals surface area contributed by atoms with Crippen molar-refractivity contribution in [2.75, 3.05) is 46.6 Å². The van der Waals surface area contributed by atoms with Crippen LogP contribution in [0.4, 0.5) is 0 Å². The van der Waals surface area contributed by atoms with Crippen molar-refractivity contribution in [3.05, 3.63) is 38.4 Å². The first-order valence-corrected chi connectivity index (χ1v) is 10.5. The van der Waals surface area contributed by atoms with Crippen LogP contribution in [0, 0.1) is 5.92 Å². The van der Waals surface area contributed by atoms with Crippen LogP contribution in [0.5, 0.6) is 0 Å². The van der Waals surface area contributed by atoms with E-state index < -0.39 is 0 Å². The van der Waals surface area contributed by atoms with Crippen LogP contribution < -0.4 is 5.56 Å². The van der Waals surface area contributed by atoms with Gasteiger partial charge in [0, 0.05) is 32.0 Å². The average molecular weight is 426 g/mol. The summed E-state index contributed by atoms with van der Waals surface area (Å²) in [5.41, 5.74) is 0.521. The Labute approximate surface area is 174 Å². The molecule has 2 saturated heterocycles.